The predicted octanol–water partition coefficient (Wildman–Crippen LogP) is 3.89. The first kappa shape index (κ1) is 9.57. The van der Waals surface area contributed by atoms with E-state index in [2.05, 4.69) is 32.1 Å². The molecule has 0 fully saturated rings. The molecule has 0 nitrogen and oxygen atoms in total. The maximum atomic E-state index is 3.39. The van der Waals surface area contributed by atoms with E-state index < -0.39 is 0 Å². The molecule has 0 aliphatic heterocycles. The maximum Gasteiger partial charge on any atom is -0.00884 e. The van der Waals surface area contributed by atoms with E-state index in [1.54, 1.807) is 0 Å². The number of allylic oxidation sites excluding steroid dienone is 4. The largest absolute Gasteiger partial charge is 0.0798 e. The minimum Gasteiger partial charge on any atom is -0.0798 e. The molecule has 0 heteroatoms. The molecule has 0 N–H and O–H groups in total. The second-order valence-corrected chi connectivity index (χ2v) is 3.64. The SMILES string of the molecule is CCCCCC(C)C1=[C]CC=C1. The molecule has 1 unspecified atom stereocenters. The lowest BCUT2D eigenvalue weighted by Crippen LogP contribution is -1.96. The molecule has 12 heavy (non-hydrogen) atoms. The van der Waals surface area contributed by atoms with Crippen LogP contribution in [0.15, 0.2) is 17.7 Å². The maximum absolute atomic E-state index is 3.39. The third-order valence-corrected chi connectivity index (χ3v) is 2.49. The van der Waals surface area contributed by atoms with E-state index in [-0.39, 0.29) is 0 Å². The van der Waals surface area contributed by atoms with Gasteiger partial charge in [-0.05, 0) is 30.4 Å². The van der Waals surface area contributed by atoms with Crippen molar-refractivity contribution >= 4 is 0 Å². The first-order valence-corrected chi connectivity index (χ1v) is 5.12. The average molecular weight is 163 g/mol. The van der Waals surface area contributed by atoms with Gasteiger partial charge in [-0.15, -0.1) is 0 Å². The van der Waals surface area contributed by atoms with Crippen LogP contribution < -0.4 is 0 Å². The molecule has 67 valence electrons. The summed E-state index contributed by atoms with van der Waals surface area (Å²) in [4.78, 5) is 0. The van der Waals surface area contributed by atoms with Crippen LogP contribution in [0.1, 0.15) is 46.0 Å². The molecule has 1 atom stereocenters. The van der Waals surface area contributed by atoms with E-state index in [0.717, 1.165) is 12.3 Å². The Morgan fingerprint density at radius 3 is 2.92 bits per heavy atom. The molecule has 0 heterocycles. The lowest BCUT2D eigenvalue weighted by Gasteiger charge is -2.09. The van der Waals surface area contributed by atoms with Crippen molar-refractivity contribution < 1.29 is 0 Å². The van der Waals surface area contributed by atoms with Crippen LogP contribution >= 0.6 is 0 Å². The highest BCUT2D eigenvalue weighted by Crippen LogP contribution is 2.22. The molecule has 1 radical (unpaired) electrons. The smallest absolute Gasteiger partial charge is 0.00884 e. The highest BCUT2D eigenvalue weighted by atomic mass is 14.1. The predicted molar refractivity (Wildman–Crippen MR) is 53.8 cm³/mol. The van der Waals surface area contributed by atoms with Crippen molar-refractivity contribution in [3.05, 3.63) is 23.8 Å². The van der Waals surface area contributed by atoms with Gasteiger partial charge in [0.1, 0.15) is 0 Å². The molecule has 0 saturated carbocycles. The van der Waals surface area contributed by atoms with Crippen LogP contribution in [0.4, 0.5) is 0 Å². The van der Waals surface area contributed by atoms with Crippen molar-refractivity contribution in [3.8, 4) is 0 Å². The molecule has 0 aromatic rings. The molecular formula is C12H19. The normalized spacial score (nSPS) is 18.0. The number of hydrogen-bond donors (Lipinski definition) is 0. The Morgan fingerprint density at radius 1 is 1.50 bits per heavy atom. The van der Waals surface area contributed by atoms with Crippen LogP contribution in [0.2, 0.25) is 0 Å². The van der Waals surface area contributed by atoms with E-state index in [4.69, 9.17) is 0 Å². The molecule has 0 aromatic carbocycles. The van der Waals surface area contributed by atoms with E-state index >= 15 is 0 Å². The summed E-state index contributed by atoms with van der Waals surface area (Å²) in [6, 6.07) is 0. The van der Waals surface area contributed by atoms with Gasteiger partial charge in [0.05, 0.1) is 0 Å². The molecule has 0 saturated heterocycles. The average Bonchev–Trinajstić information content (AvgIpc) is 2.56. The second kappa shape index (κ2) is 5.18. The van der Waals surface area contributed by atoms with Crippen molar-refractivity contribution in [2.75, 3.05) is 0 Å². The number of hydrogen-bond acceptors (Lipinski definition) is 0. The summed E-state index contributed by atoms with van der Waals surface area (Å²) in [5.74, 6) is 0.732. The summed E-state index contributed by atoms with van der Waals surface area (Å²) in [5.41, 5.74) is 1.44. The monoisotopic (exact) mass is 163 g/mol. The lowest BCUT2D eigenvalue weighted by atomic mass is 9.96. The zero-order valence-electron chi connectivity index (χ0n) is 8.27. The molecular weight excluding hydrogens is 144 g/mol. The van der Waals surface area contributed by atoms with Crippen LogP contribution in [-0.2, 0) is 0 Å². The third kappa shape index (κ3) is 2.84. The molecule has 1 aliphatic rings. The Morgan fingerprint density at radius 2 is 2.33 bits per heavy atom. The summed E-state index contributed by atoms with van der Waals surface area (Å²) in [6.07, 6.45) is 14.3. The first-order chi connectivity index (χ1) is 5.84. The fourth-order valence-corrected chi connectivity index (χ4v) is 1.62. The fraction of sp³-hybridized carbons (Fsp3) is 0.667. The van der Waals surface area contributed by atoms with Gasteiger partial charge in [-0.2, -0.15) is 0 Å². The van der Waals surface area contributed by atoms with Crippen molar-refractivity contribution in [1.29, 1.82) is 0 Å². The quantitative estimate of drug-likeness (QED) is 0.539. The lowest BCUT2D eigenvalue weighted by molar-refractivity contribution is 0.561. The van der Waals surface area contributed by atoms with E-state index in [1.807, 2.05) is 0 Å². The molecule has 0 spiro atoms. The van der Waals surface area contributed by atoms with Crippen LogP contribution in [0.5, 0.6) is 0 Å². The highest BCUT2D eigenvalue weighted by molar-refractivity contribution is 5.24. The van der Waals surface area contributed by atoms with Crippen LogP contribution in [0.25, 0.3) is 0 Å². The zero-order valence-corrected chi connectivity index (χ0v) is 8.27. The van der Waals surface area contributed by atoms with E-state index in [0.29, 0.717) is 0 Å². The van der Waals surface area contributed by atoms with Crippen molar-refractivity contribution in [1.82, 2.24) is 0 Å². The fourth-order valence-electron chi connectivity index (χ4n) is 1.62. The first-order valence-electron chi connectivity index (χ1n) is 5.12. The van der Waals surface area contributed by atoms with Gasteiger partial charge in [0.15, 0.2) is 0 Å². The standard InChI is InChI=1S/C12H19/c1-3-4-5-8-11(2)12-9-6-7-10-12/h6,9,11H,3-5,7-8H2,1-2H3. The summed E-state index contributed by atoms with van der Waals surface area (Å²) in [5, 5.41) is 0. The zero-order chi connectivity index (χ0) is 8.81. The van der Waals surface area contributed by atoms with E-state index in [1.165, 1.54) is 31.3 Å². The van der Waals surface area contributed by atoms with Crippen LogP contribution in [0, 0.1) is 12.0 Å². The van der Waals surface area contributed by atoms with Crippen LogP contribution in [0.3, 0.4) is 0 Å². The Bertz CT molecular complexity index is 174. The van der Waals surface area contributed by atoms with Gasteiger partial charge < -0.3 is 0 Å². The molecule has 1 aliphatic carbocycles. The van der Waals surface area contributed by atoms with Gasteiger partial charge in [-0.3, -0.25) is 0 Å². The summed E-state index contributed by atoms with van der Waals surface area (Å²) < 4.78 is 0. The summed E-state index contributed by atoms with van der Waals surface area (Å²) in [6.45, 7) is 4.57. The summed E-state index contributed by atoms with van der Waals surface area (Å²) >= 11 is 0. The minimum absolute atomic E-state index is 0.732. The molecule has 0 bridgehead atoms. The Hall–Kier alpha value is -0.520. The van der Waals surface area contributed by atoms with Crippen LogP contribution in [-0.4, -0.2) is 0 Å². The highest BCUT2D eigenvalue weighted by Gasteiger charge is 2.07. The molecule has 1 rings (SSSR count). The van der Waals surface area contributed by atoms with Gasteiger partial charge in [0, 0.05) is 0 Å². The van der Waals surface area contributed by atoms with E-state index in [9.17, 15) is 0 Å². The third-order valence-electron chi connectivity index (χ3n) is 2.49. The topological polar surface area (TPSA) is 0 Å². The molecule has 0 amide bonds. The van der Waals surface area contributed by atoms with Gasteiger partial charge in [-0.25, -0.2) is 0 Å². The van der Waals surface area contributed by atoms with Gasteiger partial charge in [0.2, 0.25) is 0 Å². The van der Waals surface area contributed by atoms with Crippen molar-refractivity contribution in [2.45, 2.75) is 46.0 Å². The Labute approximate surface area is 76.4 Å². The summed E-state index contributed by atoms with van der Waals surface area (Å²) in [7, 11) is 0. The van der Waals surface area contributed by atoms with Crippen molar-refractivity contribution in [3.63, 3.8) is 0 Å². The van der Waals surface area contributed by atoms with Gasteiger partial charge >= 0.3 is 0 Å². The molecule has 0 aromatic heterocycles. The Kier molecular flexibility index (Phi) is 4.13. The van der Waals surface area contributed by atoms with Crippen molar-refractivity contribution in [2.24, 2.45) is 5.92 Å². The minimum atomic E-state index is 0.732. The Balaban J connectivity index is 2.19. The number of rotatable bonds is 5. The van der Waals surface area contributed by atoms with Gasteiger partial charge in [0.25, 0.3) is 0 Å². The van der Waals surface area contributed by atoms with Gasteiger partial charge in [-0.1, -0.05) is 45.3 Å². The number of unbranched alkanes of at least 4 members (excludes halogenated alkanes) is 2. The second-order valence-electron chi connectivity index (χ2n) is 3.64.